The molecule has 1 amide bonds. The van der Waals surface area contributed by atoms with Crippen molar-refractivity contribution in [2.24, 2.45) is 11.8 Å². The molecule has 6 nitrogen and oxygen atoms in total. The maximum atomic E-state index is 13.1. The summed E-state index contributed by atoms with van der Waals surface area (Å²) >= 11 is 0. The largest absolute Gasteiger partial charge is 0.494 e. The van der Waals surface area contributed by atoms with Gasteiger partial charge in [-0.3, -0.25) is 9.78 Å². The molecule has 1 saturated heterocycles. The van der Waals surface area contributed by atoms with Gasteiger partial charge in [-0.25, -0.2) is 4.79 Å². The molecule has 1 saturated carbocycles. The van der Waals surface area contributed by atoms with E-state index < -0.39 is 5.97 Å². The number of pyridine rings is 1. The molecule has 2 heterocycles. The van der Waals surface area contributed by atoms with Gasteiger partial charge in [0, 0.05) is 30.6 Å². The van der Waals surface area contributed by atoms with Crippen molar-refractivity contribution in [1.82, 2.24) is 9.88 Å². The summed E-state index contributed by atoms with van der Waals surface area (Å²) in [4.78, 5) is 32.2. The van der Waals surface area contributed by atoms with Crippen molar-refractivity contribution in [2.45, 2.75) is 65.2 Å². The average molecular weight is 505 g/mol. The molecule has 1 aromatic heterocycles. The fourth-order valence-corrected chi connectivity index (χ4v) is 5.41. The number of hydrogen-bond acceptors (Lipinski definition) is 5. The highest BCUT2D eigenvalue weighted by Gasteiger charge is 2.36. The predicted molar refractivity (Wildman–Crippen MR) is 145 cm³/mol. The summed E-state index contributed by atoms with van der Waals surface area (Å²) in [6.07, 6.45) is 11.5. The number of hydrogen-bond donors (Lipinski definition) is 0. The molecule has 0 radical (unpaired) electrons. The minimum Gasteiger partial charge on any atom is -0.494 e. The molecule has 198 valence electrons. The summed E-state index contributed by atoms with van der Waals surface area (Å²) in [7, 11) is 0. The first-order chi connectivity index (χ1) is 18.1. The van der Waals surface area contributed by atoms with Crippen molar-refractivity contribution >= 4 is 18.0 Å². The lowest BCUT2D eigenvalue weighted by Gasteiger charge is -2.22. The average Bonchev–Trinajstić information content (AvgIpc) is 3.37. The van der Waals surface area contributed by atoms with Crippen LogP contribution in [0.1, 0.15) is 69.2 Å². The van der Waals surface area contributed by atoms with Crippen LogP contribution in [-0.4, -0.2) is 48.1 Å². The monoisotopic (exact) mass is 504 g/mol. The van der Waals surface area contributed by atoms with Crippen LogP contribution in [-0.2, 0) is 27.2 Å². The number of rotatable bonds is 11. The standard InChI is InChI=1S/C31H40N2O4/c1-3-23-11-14-28(32-20-23)10-7-17-37-29-15-12-24(13-16-29)18-27(31(35)36-4-2)19-30(34)33-21-25-8-5-6-9-26(25)22-33/h11-16,18,20,25-26H,3-10,17,19,21-22H2,1-2H3/b27-18+/t25-,26+. The molecule has 6 heteroatoms. The Morgan fingerprint density at radius 3 is 2.38 bits per heavy atom. The van der Waals surface area contributed by atoms with Crippen molar-refractivity contribution in [1.29, 1.82) is 0 Å². The molecule has 2 aliphatic rings. The van der Waals surface area contributed by atoms with Gasteiger partial charge in [0.05, 0.1) is 19.6 Å². The highest BCUT2D eigenvalue weighted by Crippen LogP contribution is 2.36. The van der Waals surface area contributed by atoms with Crippen molar-refractivity contribution in [3.05, 3.63) is 65.0 Å². The third kappa shape index (κ3) is 7.67. The number of esters is 1. The Hall–Kier alpha value is -3.15. The summed E-state index contributed by atoms with van der Waals surface area (Å²) in [6.45, 7) is 6.45. The Bertz CT molecular complexity index is 1050. The molecule has 2 atom stereocenters. The number of aryl methyl sites for hydroxylation is 2. The zero-order chi connectivity index (χ0) is 26.0. The maximum absolute atomic E-state index is 13.1. The fraction of sp³-hybridized carbons (Fsp3) is 0.516. The first-order valence-electron chi connectivity index (χ1n) is 13.9. The Balaban J connectivity index is 1.31. The molecule has 37 heavy (non-hydrogen) atoms. The smallest absolute Gasteiger partial charge is 0.334 e. The molecule has 4 rings (SSSR count). The van der Waals surface area contributed by atoms with Gasteiger partial charge in [-0.15, -0.1) is 0 Å². The molecule has 2 aromatic rings. The quantitative estimate of drug-likeness (QED) is 0.225. The lowest BCUT2D eigenvalue weighted by atomic mass is 9.82. The molecule has 0 spiro atoms. The van der Waals surface area contributed by atoms with Gasteiger partial charge in [0.25, 0.3) is 0 Å². The van der Waals surface area contributed by atoms with E-state index in [1.165, 1.54) is 31.2 Å². The number of amides is 1. The van der Waals surface area contributed by atoms with Crippen molar-refractivity contribution in [3.8, 4) is 5.75 Å². The van der Waals surface area contributed by atoms with E-state index in [0.717, 1.165) is 49.4 Å². The van der Waals surface area contributed by atoms with Crippen LogP contribution in [0, 0.1) is 11.8 Å². The molecule has 1 aromatic carbocycles. The maximum Gasteiger partial charge on any atom is 0.334 e. The van der Waals surface area contributed by atoms with Gasteiger partial charge in [-0.1, -0.05) is 38.0 Å². The zero-order valence-corrected chi connectivity index (χ0v) is 22.3. The first kappa shape index (κ1) is 26.9. The molecular formula is C31H40N2O4. The van der Waals surface area contributed by atoms with Gasteiger partial charge in [-0.2, -0.15) is 0 Å². The third-order valence-electron chi connectivity index (χ3n) is 7.57. The third-order valence-corrected chi connectivity index (χ3v) is 7.57. The minimum absolute atomic E-state index is 0.0208. The second-order valence-electron chi connectivity index (χ2n) is 10.2. The summed E-state index contributed by atoms with van der Waals surface area (Å²) in [5.74, 6) is 1.62. The van der Waals surface area contributed by atoms with Crippen LogP contribution in [0.25, 0.3) is 6.08 Å². The van der Waals surface area contributed by atoms with E-state index in [4.69, 9.17) is 9.47 Å². The molecule has 1 aliphatic heterocycles. The number of fused-ring (bicyclic) bond motifs is 1. The van der Waals surface area contributed by atoms with Crippen LogP contribution in [0.5, 0.6) is 5.75 Å². The Morgan fingerprint density at radius 2 is 1.76 bits per heavy atom. The van der Waals surface area contributed by atoms with Gasteiger partial charge in [0.15, 0.2) is 0 Å². The fourth-order valence-electron chi connectivity index (χ4n) is 5.41. The van der Waals surface area contributed by atoms with Gasteiger partial charge in [0.2, 0.25) is 5.91 Å². The lowest BCUT2D eigenvalue weighted by molar-refractivity contribution is -0.140. The molecule has 0 N–H and O–H groups in total. The van der Waals surface area contributed by atoms with E-state index in [0.29, 0.717) is 24.0 Å². The zero-order valence-electron chi connectivity index (χ0n) is 22.3. The van der Waals surface area contributed by atoms with Crippen LogP contribution < -0.4 is 4.74 Å². The number of nitrogens with zero attached hydrogens (tertiary/aromatic N) is 2. The van der Waals surface area contributed by atoms with Crippen LogP contribution >= 0.6 is 0 Å². The van der Waals surface area contributed by atoms with Crippen LogP contribution in [0.2, 0.25) is 0 Å². The number of likely N-dealkylation sites (tertiary alicyclic amines) is 1. The summed E-state index contributed by atoms with van der Waals surface area (Å²) in [5.41, 5.74) is 3.57. The predicted octanol–water partition coefficient (Wildman–Crippen LogP) is 5.64. The van der Waals surface area contributed by atoms with E-state index in [2.05, 4.69) is 24.0 Å². The van der Waals surface area contributed by atoms with Gasteiger partial charge in [-0.05, 0) is 86.3 Å². The van der Waals surface area contributed by atoms with Crippen molar-refractivity contribution in [3.63, 3.8) is 0 Å². The van der Waals surface area contributed by atoms with Crippen molar-refractivity contribution < 1.29 is 19.1 Å². The van der Waals surface area contributed by atoms with E-state index >= 15 is 0 Å². The molecule has 0 unspecified atom stereocenters. The number of carbonyl (C=O) groups is 2. The lowest BCUT2D eigenvalue weighted by Crippen LogP contribution is -2.30. The van der Waals surface area contributed by atoms with Crippen molar-refractivity contribution in [2.75, 3.05) is 26.3 Å². The van der Waals surface area contributed by atoms with E-state index in [-0.39, 0.29) is 18.9 Å². The van der Waals surface area contributed by atoms with Gasteiger partial charge >= 0.3 is 5.97 Å². The minimum atomic E-state index is -0.423. The topological polar surface area (TPSA) is 68.7 Å². The van der Waals surface area contributed by atoms with Gasteiger partial charge in [0.1, 0.15) is 5.75 Å². The molecule has 2 fully saturated rings. The van der Waals surface area contributed by atoms with E-state index in [1.807, 2.05) is 35.4 Å². The Morgan fingerprint density at radius 1 is 1.03 bits per heavy atom. The normalized spacial score (nSPS) is 19.4. The SMILES string of the molecule is CCOC(=O)/C(=C/c1ccc(OCCCc2ccc(CC)cn2)cc1)CC(=O)N1C[C@H]2CCCC[C@H]2C1. The second kappa shape index (κ2) is 13.4. The highest BCUT2D eigenvalue weighted by atomic mass is 16.5. The van der Waals surface area contributed by atoms with Crippen LogP contribution in [0.4, 0.5) is 0 Å². The van der Waals surface area contributed by atoms with Gasteiger partial charge < -0.3 is 14.4 Å². The van der Waals surface area contributed by atoms with Crippen LogP contribution in [0.15, 0.2) is 48.2 Å². The number of benzene rings is 1. The second-order valence-corrected chi connectivity index (χ2v) is 10.2. The summed E-state index contributed by atoms with van der Waals surface area (Å²) < 4.78 is 11.2. The first-order valence-corrected chi connectivity index (χ1v) is 13.9. The summed E-state index contributed by atoms with van der Waals surface area (Å²) in [5, 5.41) is 0. The summed E-state index contributed by atoms with van der Waals surface area (Å²) in [6, 6.07) is 11.8. The number of carbonyl (C=O) groups excluding carboxylic acids is 2. The Kier molecular flexibility index (Phi) is 9.75. The molecule has 1 aliphatic carbocycles. The number of aromatic nitrogens is 1. The molecule has 0 bridgehead atoms. The Labute approximate surface area is 221 Å². The number of ether oxygens (including phenoxy) is 2. The highest BCUT2D eigenvalue weighted by molar-refractivity contribution is 5.99. The van der Waals surface area contributed by atoms with E-state index in [9.17, 15) is 9.59 Å². The molecular weight excluding hydrogens is 464 g/mol. The van der Waals surface area contributed by atoms with Crippen LogP contribution in [0.3, 0.4) is 0 Å². The van der Waals surface area contributed by atoms with E-state index in [1.54, 1.807) is 13.0 Å².